The first-order valence-corrected chi connectivity index (χ1v) is 8.01. The van der Waals surface area contributed by atoms with Crippen LogP contribution in [0.25, 0.3) is 0 Å². The van der Waals surface area contributed by atoms with Gasteiger partial charge in [-0.15, -0.1) is 0 Å². The third-order valence-electron chi connectivity index (χ3n) is 4.59. The van der Waals surface area contributed by atoms with Gasteiger partial charge >= 0.3 is 0 Å². The van der Waals surface area contributed by atoms with Crippen molar-refractivity contribution in [2.45, 2.75) is 33.4 Å². The van der Waals surface area contributed by atoms with Crippen molar-refractivity contribution < 1.29 is 4.74 Å². The van der Waals surface area contributed by atoms with Crippen molar-refractivity contribution in [3.63, 3.8) is 0 Å². The highest BCUT2D eigenvalue weighted by Gasteiger charge is 2.29. The van der Waals surface area contributed by atoms with E-state index >= 15 is 0 Å². The average Bonchev–Trinajstić information content (AvgIpc) is 2.53. The zero-order chi connectivity index (χ0) is 17.4. The summed E-state index contributed by atoms with van der Waals surface area (Å²) in [7, 11) is 3.74. The molecule has 0 fully saturated rings. The first-order valence-electron chi connectivity index (χ1n) is 8.01. The Kier molecular flexibility index (Phi) is 4.17. The standard InChI is InChI=1S/C17H24N6O/c1-10-6-19-13(12(3)15(10)24-5)9-23-11(2)8-22(4)14-7-20-17(18)21-16(14)23/h6-7,11H,8-9H2,1-5H3,(H2,18,20,21). The molecule has 0 spiro atoms. The zero-order valence-electron chi connectivity index (χ0n) is 14.9. The van der Waals surface area contributed by atoms with Crippen LogP contribution in [0.15, 0.2) is 12.4 Å². The SMILES string of the molecule is COc1c(C)cnc(CN2c3nc(N)ncc3N(C)CC2C)c1C. The number of aryl methyl sites for hydroxylation is 1. The quantitative estimate of drug-likeness (QED) is 0.922. The van der Waals surface area contributed by atoms with Gasteiger partial charge in [0, 0.05) is 37.0 Å². The van der Waals surface area contributed by atoms with Gasteiger partial charge in [0.05, 0.1) is 31.2 Å². The summed E-state index contributed by atoms with van der Waals surface area (Å²) in [5, 5.41) is 0. The van der Waals surface area contributed by atoms with Gasteiger partial charge < -0.3 is 20.3 Å². The third kappa shape index (κ3) is 2.70. The second-order valence-corrected chi connectivity index (χ2v) is 6.34. The van der Waals surface area contributed by atoms with Crippen molar-refractivity contribution in [1.29, 1.82) is 0 Å². The molecular weight excluding hydrogens is 304 g/mol. The lowest BCUT2D eigenvalue weighted by molar-refractivity contribution is 0.406. The molecule has 0 radical (unpaired) electrons. The van der Waals surface area contributed by atoms with Gasteiger partial charge in [0.2, 0.25) is 5.95 Å². The maximum atomic E-state index is 5.82. The Morgan fingerprint density at radius 1 is 1.29 bits per heavy atom. The molecule has 2 N–H and O–H groups in total. The van der Waals surface area contributed by atoms with Gasteiger partial charge in [-0.1, -0.05) is 0 Å². The van der Waals surface area contributed by atoms with E-state index in [4.69, 9.17) is 10.5 Å². The van der Waals surface area contributed by atoms with Gasteiger partial charge in [0.1, 0.15) is 5.75 Å². The fourth-order valence-corrected chi connectivity index (χ4v) is 3.28. The molecule has 1 aliphatic rings. The third-order valence-corrected chi connectivity index (χ3v) is 4.59. The zero-order valence-corrected chi connectivity index (χ0v) is 14.9. The summed E-state index contributed by atoms with van der Waals surface area (Å²) in [5.41, 5.74) is 9.89. The number of nitrogens with zero attached hydrogens (tertiary/aromatic N) is 5. The van der Waals surface area contributed by atoms with Crippen LogP contribution in [-0.2, 0) is 6.54 Å². The van der Waals surface area contributed by atoms with Gasteiger partial charge in [0.15, 0.2) is 5.82 Å². The Hall–Kier alpha value is -2.57. The van der Waals surface area contributed by atoms with E-state index in [1.807, 2.05) is 27.1 Å². The molecule has 128 valence electrons. The first kappa shape index (κ1) is 16.3. The molecule has 0 aliphatic carbocycles. The number of hydrogen-bond acceptors (Lipinski definition) is 7. The highest BCUT2D eigenvalue weighted by molar-refractivity contribution is 5.70. The fourth-order valence-electron chi connectivity index (χ4n) is 3.28. The van der Waals surface area contributed by atoms with E-state index in [0.29, 0.717) is 6.54 Å². The number of nitrogen functional groups attached to an aromatic ring is 1. The number of rotatable bonds is 3. The van der Waals surface area contributed by atoms with Crippen molar-refractivity contribution in [1.82, 2.24) is 15.0 Å². The summed E-state index contributed by atoms with van der Waals surface area (Å²) in [6.07, 6.45) is 3.64. The summed E-state index contributed by atoms with van der Waals surface area (Å²) < 4.78 is 5.53. The number of fused-ring (bicyclic) bond motifs is 1. The maximum Gasteiger partial charge on any atom is 0.222 e. The predicted molar refractivity (Wildman–Crippen MR) is 95.6 cm³/mol. The summed E-state index contributed by atoms with van der Waals surface area (Å²) in [5.74, 6) is 2.03. The van der Waals surface area contributed by atoms with E-state index in [1.54, 1.807) is 13.3 Å². The van der Waals surface area contributed by atoms with Crippen molar-refractivity contribution in [3.8, 4) is 5.75 Å². The van der Waals surface area contributed by atoms with Crippen LogP contribution >= 0.6 is 0 Å². The van der Waals surface area contributed by atoms with Crippen LogP contribution in [-0.4, -0.2) is 41.7 Å². The molecule has 2 aromatic rings. The molecule has 3 heterocycles. The molecule has 0 saturated heterocycles. The van der Waals surface area contributed by atoms with Crippen LogP contribution in [0.5, 0.6) is 5.75 Å². The second kappa shape index (κ2) is 6.14. The minimum absolute atomic E-state index is 0.283. The van der Waals surface area contributed by atoms with Crippen molar-refractivity contribution in [2.75, 3.05) is 36.2 Å². The van der Waals surface area contributed by atoms with Gasteiger partial charge in [-0.2, -0.15) is 4.98 Å². The molecule has 1 atom stereocenters. The Bertz CT molecular complexity index is 763. The fraction of sp³-hybridized carbons (Fsp3) is 0.471. The summed E-state index contributed by atoms with van der Waals surface area (Å²) in [6.45, 7) is 7.77. The number of likely N-dealkylation sites (N-methyl/N-ethyl adjacent to an activating group) is 1. The van der Waals surface area contributed by atoms with E-state index in [0.717, 1.165) is 40.6 Å². The first-order chi connectivity index (χ1) is 11.4. The summed E-state index contributed by atoms with van der Waals surface area (Å²) in [4.78, 5) is 17.6. The normalized spacial score (nSPS) is 17.0. The van der Waals surface area contributed by atoms with Gasteiger partial charge in [-0.05, 0) is 20.8 Å². The second-order valence-electron chi connectivity index (χ2n) is 6.34. The molecular formula is C17H24N6O. The van der Waals surface area contributed by atoms with E-state index in [-0.39, 0.29) is 12.0 Å². The smallest absolute Gasteiger partial charge is 0.222 e. The molecule has 3 rings (SSSR count). The molecule has 0 bridgehead atoms. The van der Waals surface area contributed by atoms with Crippen LogP contribution in [0.3, 0.4) is 0 Å². The molecule has 1 aliphatic heterocycles. The topological polar surface area (TPSA) is 80.4 Å². The van der Waals surface area contributed by atoms with Gasteiger partial charge in [-0.25, -0.2) is 4.98 Å². The Labute approximate surface area is 142 Å². The minimum Gasteiger partial charge on any atom is -0.496 e. The van der Waals surface area contributed by atoms with Gasteiger partial charge in [-0.3, -0.25) is 4.98 Å². The van der Waals surface area contributed by atoms with E-state index in [1.165, 1.54) is 0 Å². The lowest BCUT2D eigenvalue weighted by Crippen LogP contribution is -2.46. The van der Waals surface area contributed by atoms with Gasteiger partial charge in [0.25, 0.3) is 0 Å². The highest BCUT2D eigenvalue weighted by Crippen LogP contribution is 2.34. The Balaban J connectivity index is 2.02. The number of anilines is 3. The lowest BCUT2D eigenvalue weighted by Gasteiger charge is -2.40. The maximum absolute atomic E-state index is 5.82. The number of nitrogens with two attached hydrogens (primary N) is 1. The Morgan fingerprint density at radius 3 is 2.75 bits per heavy atom. The molecule has 0 saturated carbocycles. The summed E-state index contributed by atoms with van der Waals surface area (Å²) in [6, 6.07) is 0.283. The largest absolute Gasteiger partial charge is 0.496 e. The average molecular weight is 328 g/mol. The molecule has 2 aromatic heterocycles. The molecule has 0 amide bonds. The number of ether oxygens (including phenoxy) is 1. The summed E-state index contributed by atoms with van der Waals surface area (Å²) >= 11 is 0. The molecule has 1 unspecified atom stereocenters. The number of pyridine rings is 1. The monoisotopic (exact) mass is 328 g/mol. The van der Waals surface area contributed by atoms with Crippen LogP contribution in [0.4, 0.5) is 17.5 Å². The van der Waals surface area contributed by atoms with Crippen molar-refractivity contribution >= 4 is 17.5 Å². The van der Waals surface area contributed by atoms with Crippen LogP contribution in [0.1, 0.15) is 23.7 Å². The molecule has 24 heavy (non-hydrogen) atoms. The van der Waals surface area contributed by atoms with Crippen molar-refractivity contribution in [2.24, 2.45) is 0 Å². The lowest BCUT2D eigenvalue weighted by atomic mass is 10.1. The Morgan fingerprint density at radius 2 is 2.04 bits per heavy atom. The predicted octanol–water partition coefficient (Wildman–Crippen LogP) is 1.92. The van der Waals surface area contributed by atoms with Crippen LogP contribution in [0, 0.1) is 13.8 Å². The van der Waals surface area contributed by atoms with E-state index in [9.17, 15) is 0 Å². The highest BCUT2D eigenvalue weighted by atomic mass is 16.5. The molecule has 7 nitrogen and oxygen atoms in total. The van der Waals surface area contributed by atoms with E-state index < -0.39 is 0 Å². The minimum atomic E-state index is 0.283. The van der Waals surface area contributed by atoms with Crippen LogP contribution < -0.4 is 20.3 Å². The number of hydrogen-bond donors (Lipinski definition) is 1. The van der Waals surface area contributed by atoms with Crippen LogP contribution in [0.2, 0.25) is 0 Å². The molecule has 0 aromatic carbocycles. The molecule has 7 heteroatoms. The van der Waals surface area contributed by atoms with Crippen molar-refractivity contribution in [3.05, 3.63) is 29.2 Å². The number of methoxy groups -OCH3 is 1. The van der Waals surface area contributed by atoms with E-state index in [2.05, 4.69) is 31.7 Å². The number of aromatic nitrogens is 3.